The van der Waals surface area contributed by atoms with E-state index in [0.717, 1.165) is 5.56 Å². The van der Waals surface area contributed by atoms with E-state index < -0.39 is 24.1 Å². The molecular formula is C16H23N3O4. The van der Waals surface area contributed by atoms with Gasteiger partial charge in [0.15, 0.2) is 0 Å². The quantitative estimate of drug-likeness (QED) is 0.696. The molecule has 0 aliphatic carbocycles. The van der Waals surface area contributed by atoms with E-state index >= 15 is 0 Å². The molecule has 0 bridgehead atoms. The first kappa shape index (κ1) is 18.5. The maximum Gasteiger partial charge on any atom is 0.408 e. The van der Waals surface area contributed by atoms with Gasteiger partial charge in [0.25, 0.3) is 0 Å². The summed E-state index contributed by atoms with van der Waals surface area (Å²) in [5.41, 5.74) is 0.851. The van der Waals surface area contributed by atoms with E-state index in [1.54, 1.807) is 13.8 Å². The third kappa shape index (κ3) is 6.82. The van der Waals surface area contributed by atoms with E-state index in [-0.39, 0.29) is 12.5 Å². The summed E-state index contributed by atoms with van der Waals surface area (Å²) in [5.74, 6) is -0.736. The number of carbonyl (C=O) groups is 3. The molecule has 0 saturated carbocycles. The normalized spacial score (nSPS) is 12.7. The van der Waals surface area contributed by atoms with Crippen molar-refractivity contribution in [3.63, 3.8) is 0 Å². The standard InChI is InChI=1S/C16H23N3O4/c1-4-17-14(20)11(2)18-15(21)12(3)19-16(22)23-10-13-8-6-5-7-9-13/h5-9,11-12H,4,10H2,1-3H3,(H,17,20)(H,18,21)(H,19,22)/t11-,12-/m0/s1. The fourth-order valence-electron chi connectivity index (χ4n) is 1.74. The second kappa shape index (κ2) is 9.45. The van der Waals surface area contributed by atoms with Crippen LogP contribution in [0.4, 0.5) is 4.79 Å². The maximum absolute atomic E-state index is 11.9. The number of hydrogen-bond donors (Lipinski definition) is 3. The summed E-state index contributed by atoms with van der Waals surface area (Å²) >= 11 is 0. The monoisotopic (exact) mass is 321 g/mol. The van der Waals surface area contributed by atoms with Crippen LogP contribution in [-0.2, 0) is 20.9 Å². The summed E-state index contributed by atoms with van der Waals surface area (Å²) in [5, 5.41) is 7.55. The molecule has 3 amide bonds. The lowest BCUT2D eigenvalue weighted by molar-refractivity contribution is -0.129. The van der Waals surface area contributed by atoms with E-state index in [1.165, 1.54) is 6.92 Å². The van der Waals surface area contributed by atoms with Crippen LogP contribution in [0.3, 0.4) is 0 Å². The molecule has 7 heteroatoms. The van der Waals surface area contributed by atoms with Gasteiger partial charge in [-0.05, 0) is 26.3 Å². The Balaban J connectivity index is 2.36. The van der Waals surface area contributed by atoms with Gasteiger partial charge in [-0.2, -0.15) is 0 Å². The predicted octanol–water partition coefficient (Wildman–Crippen LogP) is 0.942. The minimum absolute atomic E-state index is 0.121. The largest absolute Gasteiger partial charge is 0.445 e. The topological polar surface area (TPSA) is 96.5 Å². The number of nitrogens with one attached hydrogen (secondary N) is 3. The van der Waals surface area contributed by atoms with Crippen molar-refractivity contribution in [1.82, 2.24) is 16.0 Å². The Morgan fingerprint density at radius 3 is 2.22 bits per heavy atom. The highest BCUT2D eigenvalue weighted by molar-refractivity contribution is 5.90. The summed E-state index contributed by atoms with van der Waals surface area (Å²) in [7, 11) is 0. The van der Waals surface area contributed by atoms with Crippen LogP contribution in [0.25, 0.3) is 0 Å². The molecular weight excluding hydrogens is 298 g/mol. The van der Waals surface area contributed by atoms with Gasteiger partial charge in [0.2, 0.25) is 11.8 Å². The molecule has 0 heterocycles. The maximum atomic E-state index is 11.9. The lowest BCUT2D eigenvalue weighted by Gasteiger charge is -2.18. The van der Waals surface area contributed by atoms with Gasteiger partial charge < -0.3 is 20.7 Å². The van der Waals surface area contributed by atoms with Crippen LogP contribution in [0.5, 0.6) is 0 Å². The zero-order valence-corrected chi connectivity index (χ0v) is 13.6. The van der Waals surface area contributed by atoms with Crippen molar-refractivity contribution < 1.29 is 19.1 Å². The fourth-order valence-corrected chi connectivity index (χ4v) is 1.74. The lowest BCUT2D eigenvalue weighted by Crippen LogP contribution is -2.51. The molecule has 1 rings (SSSR count). The van der Waals surface area contributed by atoms with Crippen LogP contribution in [0.1, 0.15) is 26.3 Å². The first-order valence-electron chi connectivity index (χ1n) is 7.49. The van der Waals surface area contributed by atoms with Crippen molar-refractivity contribution >= 4 is 17.9 Å². The second-order valence-corrected chi connectivity index (χ2v) is 5.05. The van der Waals surface area contributed by atoms with Crippen molar-refractivity contribution in [2.45, 2.75) is 39.5 Å². The molecule has 0 aliphatic rings. The van der Waals surface area contributed by atoms with Crippen molar-refractivity contribution in [3.05, 3.63) is 35.9 Å². The number of alkyl carbamates (subject to hydrolysis) is 1. The summed E-state index contributed by atoms with van der Waals surface area (Å²) in [6, 6.07) is 7.73. The second-order valence-electron chi connectivity index (χ2n) is 5.05. The molecule has 7 nitrogen and oxygen atoms in total. The highest BCUT2D eigenvalue weighted by atomic mass is 16.5. The number of hydrogen-bond acceptors (Lipinski definition) is 4. The van der Waals surface area contributed by atoms with Gasteiger partial charge in [-0.25, -0.2) is 4.79 Å². The molecule has 1 aromatic carbocycles. The Labute approximate surface area is 135 Å². The highest BCUT2D eigenvalue weighted by Gasteiger charge is 2.20. The molecule has 23 heavy (non-hydrogen) atoms. The number of ether oxygens (including phenoxy) is 1. The van der Waals surface area contributed by atoms with Gasteiger partial charge in [0.05, 0.1) is 0 Å². The molecule has 1 aromatic rings. The van der Waals surface area contributed by atoms with Crippen molar-refractivity contribution in [2.75, 3.05) is 6.54 Å². The molecule has 0 spiro atoms. The van der Waals surface area contributed by atoms with Crippen molar-refractivity contribution in [3.8, 4) is 0 Å². The number of carbonyl (C=O) groups excluding carboxylic acids is 3. The van der Waals surface area contributed by atoms with Gasteiger partial charge in [0, 0.05) is 6.54 Å². The summed E-state index contributed by atoms with van der Waals surface area (Å²) in [4.78, 5) is 35.1. The van der Waals surface area contributed by atoms with Gasteiger partial charge in [-0.15, -0.1) is 0 Å². The molecule has 0 aliphatic heterocycles. The summed E-state index contributed by atoms with van der Waals surface area (Å²) in [6.45, 7) is 5.49. The minimum Gasteiger partial charge on any atom is -0.445 e. The molecule has 3 N–H and O–H groups in total. The van der Waals surface area contributed by atoms with Crippen molar-refractivity contribution in [2.24, 2.45) is 0 Å². The first-order chi connectivity index (χ1) is 10.9. The Morgan fingerprint density at radius 2 is 1.61 bits per heavy atom. The van der Waals surface area contributed by atoms with Gasteiger partial charge in [-0.1, -0.05) is 30.3 Å². The van der Waals surface area contributed by atoms with Gasteiger partial charge >= 0.3 is 6.09 Å². The van der Waals surface area contributed by atoms with Crippen LogP contribution in [0.2, 0.25) is 0 Å². The van der Waals surface area contributed by atoms with E-state index in [0.29, 0.717) is 6.54 Å². The molecule has 0 unspecified atom stereocenters. The SMILES string of the molecule is CCNC(=O)[C@H](C)NC(=O)[C@H](C)NC(=O)OCc1ccccc1. The molecule has 2 atom stereocenters. The number of amides is 3. The number of benzene rings is 1. The van der Waals surface area contributed by atoms with Crippen molar-refractivity contribution in [1.29, 1.82) is 0 Å². The third-order valence-electron chi connectivity index (χ3n) is 3.04. The molecule has 0 radical (unpaired) electrons. The fraction of sp³-hybridized carbons (Fsp3) is 0.438. The van der Waals surface area contributed by atoms with E-state index in [9.17, 15) is 14.4 Å². The number of rotatable bonds is 7. The Morgan fingerprint density at radius 1 is 1.00 bits per heavy atom. The molecule has 126 valence electrons. The van der Waals surface area contributed by atoms with E-state index in [1.807, 2.05) is 30.3 Å². The molecule has 0 fully saturated rings. The van der Waals surface area contributed by atoms with Crippen LogP contribution in [-0.4, -0.2) is 36.5 Å². The Hall–Kier alpha value is -2.57. The van der Waals surface area contributed by atoms with E-state index in [2.05, 4.69) is 16.0 Å². The minimum atomic E-state index is -0.810. The van der Waals surface area contributed by atoms with Gasteiger partial charge in [-0.3, -0.25) is 9.59 Å². The summed E-state index contributed by atoms with van der Waals surface area (Å²) in [6.07, 6.45) is -0.692. The number of likely N-dealkylation sites (N-methyl/N-ethyl adjacent to an activating group) is 1. The lowest BCUT2D eigenvalue weighted by atomic mass is 10.2. The van der Waals surface area contributed by atoms with E-state index in [4.69, 9.17) is 4.74 Å². The smallest absolute Gasteiger partial charge is 0.408 e. The summed E-state index contributed by atoms with van der Waals surface area (Å²) < 4.78 is 5.03. The van der Waals surface area contributed by atoms with Gasteiger partial charge in [0.1, 0.15) is 18.7 Å². The Bertz CT molecular complexity index is 533. The average Bonchev–Trinajstić information content (AvgIpc) is 2.54. The average molecular weight is 321 g/mol. The van der Waals surface area contributed by atoms with Crippen LogP contribution in [0, 0.1) is 0 Å². The molecule has 0 aromatic heterocycles. The van der Waals surface area contributed by atoms with Crippen LogP contribution in [0.15, 0.2) is 30.3 Å². The zero-order valence-electron chi connectivity index (χ0n) is 13.6. The zero-order chi connectivity index (χ0) is 17.2. The predicted molar refractivity (Wildman–Crippen MR) is 85.5 cm³/mol. The van der Waals surface area contributed by atoms with Crippen LogP contribution < -0.4 is 16.0 Å². The highest BCUT2D eigenvalue weighted by Crippen LogP contribution is 2.00. The first-order valence-corrected chi connectivity index (χ1v) is 7.49. The molecule has 0 saturated heterocycles. The van der Waals surface area contributed by atoms with Crippen LogP contribution >= 0.6 is 0 Å². The third-order valence-corrected chi connectivity index (χ3v) is 3.04. The Kier molecular flexibility index (Phi) is 7.59.